The van der Waals surface area contributed by atoms with E-state index in [9.17, 15) is 0 Å². The van der Waals surface area contributed by atoms with Crippen molar-refractivity contribution in [2.45, 2.75) is 6.42 Å². The molecule has 0 amide bonds. The summed E-state index contributed by atoms with van der Waals surface area (Å²) in [5.41, 5.74) is 8.83. The number of hydrogen-bond acceptors (Lipinski definition) is 3. The predicted molar refractivity (Wildman–Crippen MR) is 83.7 cm³/mol. The van der Waals surface area contributed by atoms with E-state index < -0.39 is 0 Å². The van der Waals surface area contributed by atoms with Crippen molar-refractivity contribution in [2.24, 2.45) is 0 Å². The molecule has 0 unspecified atom stereocenters. The Kier molecular flexibility index (Phi) is 4.67. The minimum atomic E-state index is 0.800. The van der Waals surface area contributed by atoms with E-state index in [1.165, 1.54) is 5.69 Å². The number of nitrogens with zero attached hydrogens (tertiary/aromatic N) is 1. The number of rotatable bonds is 6. The zero-order valence-electron chi connectivity index (χ0n) is 11.3. The number of nitrogen functional groups attached to an aromatic ring is 1. The quantitative estimate of drug-likeness (QED) is 0.615. The minimum Gasteiger partial charge on any atom is -0.399 e. The van der Waals surface area contributed by atoms with Crippen molar-refractivity contribution in [1.82, 2.24) is 0 Å². The average Bonchev–Trinajstić information content (AvgIpc) is 2.46. The molecule has 0 saturated carbocycles. The first kappa shape index (κ1) is 13.3. The normalized spacial score (nSPS) is 10.2. The summed E-state index contributed by atoms with van der Waals surface area (Å²) < 4.78 is 0. The van der Waals surface area contributed by atoms with Gasteiger partial charge in [0.2, 0.25) is 0 Å². The van der Waals surface area contributed by atoms with Gasteiger partial charge in [0, 0.05) is 37.2 Å². The van der Waals surface area contributed by atoms with Gasteiger partial charge in [-0.05, 0) is 42.8 Å². The molecule has 0 saturated heterocycles. The summed E-state index contributed by atoms with van der Waals surface area (Å²) in [5, 5.41) is 3.40. The summed E-state index contributed by atoms with van der Waals surface area (Å²) >= 11 is 0. The Morgan fingerprint density at radius 2 is 1.68 bits per heavy atom. The standard InChI is InChI=1S/C16H21N3/c1-19(16-6-3-2-4-7-16)13-5-12-18-15-10-8-14(17)9-11-15/h2-4,6-11,18H,5,12-13,17H2,1H3. The summed E-state index contributed by atoms with van der Waals surface area (Å²) in [6.07, 6.45) is 1.09. The van der Waals surface area contributed by atoms with E-state index in [1.807, 2.05) is 30.3 Å². The van der Waals surface area contributed by atoms with E-state index in [-0.39, 0.29) is 0 Å². The van der Waals surface area contributed by atoms with Gasteiger partial charge >= 0.3 is 0 Å². The summed E-state index contributed by atoms with van der Waals surface area (Å²) in [6.45, 7) is 1.99. The summed E-state index contributed by atoms with van der Waals surface area (Å²) in [6, 6.07) is 18.3. The molecule has 2 aromatic rings. The summed E-state index contributed by atoms with van der Waals surface area (Å²) in [4.78, 5) is 2.27. The van der Waals surface area contributed by atoms with Crippen molar-refractivity contribution in [2.75, 3.05) is 36.1 Å². The van der Waals surface area contributed by atoms with Gasteiger partial charge in [-0.2, -0.15) is 0 Å². The molecule has 19 heavy (non-hydrogen) atoms. The molecule has 0 radical (unpaired) electrons. The van der Waals surface area contributed by atoms with Gasteiger partial charge in [0.1, 0.15) is 0 Å². The molecule has 2 aromatic carbocycles. The minimum absolute atomic E-state index is 0.800. The number of hydrogen-bond donors (Lipinski definition) is 2. The monoisotopic (exact) mass is 255 g/mol. The van der Waals surface area contributed by atoms with E-state index in [4.69, 9.17) is 5.73 Å². The van der Waals surface area contributed by atoms with Crippen molar-refractivity contribution in [1.29, 1.82) is 0 Å². The number of nitrogens with two attached hydrogens (primary N) is 1. The van der Waals surface area contributed by atoms with E-state index >= 15 is 0 Å². The van der Waals surface area contributed by atoms with Crippen molar-refractivity contribution in [3.63, 3.8) is 0 Å². The molecule has 0 aliphatic rings. The summed E-state index contributed by atoms with van der Waals surface area (Å²) in [5.74, 6) is 0. The Balaban J connectivity index is 1.71. The topological polar surface area (TPSA) is 41.3 Å². The second-order valence-corrected chi connectivity index (χ2v) is 4.66. The number of benzene rings is 2. The fourth-order valence-corrected chi connectivity index (χ4v) is 1.96. The Morgan fingerprint density at radius 3 is 2.37 bits per heavy atom. The van der Waals surface area contributed by atoms with Crippen LogP contribution in [0.2, 0.25) is 0 Å². The molecule has 0 aliphatic heterocycles. The Bertz CT molecular complexity index is 479. The van der Waals surface area contributed by atoms with Crippen LogP contribution in [-0.2, 0) is 0 Å². The number of para-hydroxylation sites is 1. The maximum atomic E-state index is 5.65. The van der Waals surface area contributed by atoms with Crippen LogP contribution in [0.5, 0.6) is 0 Å². The third kappa shape index (κ3) is 4.21. The number of anilines is 3. The second kappa shape index (κ2) is 6.69. The Hall–Kier alpha value is -2.16. The van der Waals surface area contributed by atoms with Crippen molar-refractivity contribution in [3.05, 3.63) is 54.6 Å². The number of nitrogens with one attached hydrogen (secondary N) is 1. The van der Waals surface area contributed by atoms with Crippen LogP contribution in [0.25, 0.3) is 0 Å². The van der Waals surface area contributed by atoms with Crippen LogP contribution in [0.15, 0.2) is 54.6 Å². The SMILES string of the molecule is CN(CCCNc1ccc(N)cc1)c1ccccc1. The molecular formula is C16H21N3. The van der Waals surface area contributed by atoms with Gasteiger partial charge < -0.3 is 16.0 Å². The zero-order chi connectivity index (χ0) is 13.5. The third-order valence-electron chi connectivity index (χ3n) is 3.11. The molecule has 0 aliphatic carbocycles. The largest absolute Gasteiger partial charge is 0.399 e. The molecule has 0 fully saturated rings. The van der Waals surface area contributed by atoms with Gasteiger partial charge in [0.15, 0.2) is 0 Å². The third-order valence-corrected chi connectivity index (χ3v) is 3.11. The first-order valence-electron chi connectivity index (χ1n) is 6.61. The van der Waals surface area contributed by atoms with Crippen LogP contribution < -0.4 is 16.0 Å². The first-order chi connectivity index (χ1) is 9.25. The lowest BCUT2D eigenvalue weighted by Gasteiger charge is -2.19. The molecule has 3 nitrogen and oxygen atoms in total. The zero-order valence-corrected chi connectivity index (χ0v) is 11.3. The highest BCUT2D eigenvalue weighted by molar-refractivity contribution is 5.51. The lowest BCUT2D eigenvalue weighted by molar-refractivity contribution is 0.816. The van der Waals surface area contributed by atoms with Crippen molar-refractivity contribution < 1.29 is 0 Å². The lowest BCUT2D eigenvalue weighted by Crippen LogP contribution is -2.20. The van der Waals surface area contributed by atoms with Gasteiger partial charge in [-0.25, -0.2) is 0 Å². The van der Waals surface area contributed by atoms with Crippen LogP contribution in [0, 0.1) is 0 Å². The smallest absolute Gasteiger partial charge is 0.0363 e. The van der Waals surface area contributed by atoms with Gasteiger partial charge in [-0.3, -0.25) is 0 Å². The summed E-state index contributed by atoms with van der Waals surface area (Å²) in [7, 11) is 2.12. The first-order valence-corrected chi connectivity index (χ1v) is 6.61. The fraction of sp³-hybridized carbons (Fsp3) is 0.250. The molecule has 3 heteroatoms. The Morgan fingerprint density at radius 1 is 1.00 bits per heavy atom. The Labute approximate surface area is 115 Å². The van der Waals surface area contributed by atoms with Crippen molar-refractivity contribution in [3.8, 4) is 0 Å². The van der Waals surface area contributed by atoms with Crippen molar-refractivity contribution >= 4 is 17.1 Å². The van der Waals surface area contributed by atoms with Gasteiger partial charge in [-0.1, -0.05) is 18.2 Å². The maximum absolute atomic E-state index is 5.65. The highest BCUT2D eigenvalue weighted by atomic mass is 15.1. The molecule has 0 aromatic heterocycles. The van der Waals surface area contributed by atoms with Crippen LogP contribution in [0.4, 0.5) is 17.1 Å². The van der Waals surface area contributed by atoms with Crippen LogP contribution in [0.1, 0.15) is 6.42 Å². The van der Waals surface area contributed by atoms with Crippen LogP contribution in [-0.4, -0.2) is 20.1 Å². The second-order valence-electron chi connectivity index (χ2n) is 4.66. The highest BCUT2D eigenvalue weighted by Crippen LogP contribution is 2.12. The molecular weight excluding hydrogens is 234 g/mol. The molecule has 3 N–H and O–H groups in total. The predicted octanol–water partition coefficient (Wildman–Crippen LogP) is 3.21. The average molecular weight is 255 g/mol. The van der Waals surface area contributed by atoms with E-state index in [1.54, 1.807) is 0 Å². The molecule has 2 rings (SSSR count). The van der Waals surface area contributed by atoms with Gasteiger partial charge in [0.25, 0.3) is 0 Å². The van der Waals surface area contributed by atoms with E-state index in [2.05, 4.69) is 41.5 Å². The lowest BCUT2D eigenvalue weighted by atomic mass is 10.2. The molecule has 100 valence electrons. The fourth-order valence-electron chi connectivity index (χ4n) is 1.96. The highest BCUT2D eigenvalue weighted by Gasteiger charge is 1.99. The van der Waals surface area contributed by atoms with E-state index in [0.29, 0.717) is 0 Å². The van der Waals surface area contributed by atoms with Crippen LogP contribution in [0.3, 0.4) is 0 Å². The molecule has 0 spiro atoms. The van der Waals surface area contributed by atoms with Gasteiger partial charge in [0.05, 0.1) is 0 Å². The van der Waals surface area contributed by atoms with E-state index in [0.717, 1.165) is 30.9 Å². The van der Waals surface area contributed by atoms with Gasteiger partial charge in [-0.15, -0.1) is 0 Å². The molecule has 0 bridgehead atoms. The molecule has 0 heterocycles. The maximum Gasteiger partial charge on any atom is 0.0363 e. The molecule has 0 atom stereocenters. The van der Waals surface area contributed by atoms with Crippen LogP contribution >= 0.6 is 0 Å².